The molecule has 0 aliphatic rings. The summed E-state index contributed by atoms with van der Waals surface area (Å²) in [4.78, 5) is 10.8. The maximum atomic E-state index is 11.2. The normalized spacial score (nSPS) is 10.5. The standard InChI is InChI=1S/C13H10BrIN2O2/c14-10-3-1-8(2-4-10)11-5-9(7-16)12(15)6-13(11)17(18)19/h1-6H,7,16H2. The molecule has 0 aliphatic carbocycles. The molecule has 0 aliphatic heterocycles. The lowest BCUT2D eigenvalue weighted by Crippen LogP contribution is -2.02. The molecule has 2 rings (SSSR count). The average molecular weight is 433 g/mol. The maximum absolute atomic E-state index is 11.2. The van der Waals surface area contributed by atoms with Gasteiger partial charge in [-0.15, -0.1) is 0 Å². The van der Waals surface area contributed by atoms with Crippen LogP contribution in [0.2, 0.25) is 0 Å². The second-order valence-electron chi connectivity index (χ2n) is 3.93. The third-order valence-corrected chi connectivity index (χ3v) is 4.27. The van der Waals surface area contributed by atoms with Gasteiger partial charge in [0.15, 0.2) is 0 Å². The lowest BCUT2D eigenvalue weighted by Gasteiger charge is -2.08. The first-order valence-corrected chi connectivity index (χ1v) is 7.33. The molecule has 19 heavy (non-hydrogen) atoms. The summed E-state index contributed by atoms with van der Waals surface area (Å²) in [5, 5.41) is 11.2. The second kappa shape index (κ2) is 5.98. The number of rotatable bonds is 3. The van der Waals surface area contributed by atoms with Crippen molar-refractivity contribution in [3.8, 4) is 11.1 Å². The first-order chi connectivity index (χ1) is 9.02. The Morgan fingerprint density at radius 2 is 1.89 bits per heavy atom. The van der Waals surface area contributed by atoms with Crippen LogP contribution in [0.1, 0.15) is 5.56 Å². The Hall–Kier alpha value is -0.990. The van der Waals surface area contributed by atoms with Crippen molar-refractivity contribution in [2.45, 2.75) is 6.54 Å². The van der Waals surface area contributed by atoms with Gasteiger partial charge < -0.3 is 5.73 Å². The van der Waals surface area contributed by atoms with Crippen molar-refractivity contribution in [3.05, 3.63) is 60.1 Å². The minimum absolute atomic E-state index is 0.101. The van der Waals surface area contributed by atoms with Gasteiger partial charge in [-0.3, -0.25) is 10.1 Å². The molecule has 2 aromatic rings. The molecular formula is C13H10BrIN2O2. The number of nitro groups is 1. The van der Waals surface area contributed by atoms with Crippen LogP contribution in [0.25, 0.3) is 11.1 Å². The van der Waals surface area contributed by atoms with Gasteiger partial charge in [0.2, 0.25) is 0 Å². The summed E-state index contributed by atoms with van der Waals surface area (Å²) < 4.78 is 1.75. The molecule has 0 amide bonds. The van der Waals surface area contributed by atoms with Crippen molar-refractivity contribution in [2.24, 2.45) is 5.73 Å². The van der Waals surface area contributed by atoms with E-state index in [0.29, 0.717) is 12.1 Å². The van der Waals surface area contributed by atoms with Crippen LogP contribution >= 0.6 is 38.5 Å². The molecule has 0 saturated carbocycles. The smallest absolute Gasteiger partial charge is 0.278 e. The summed E-state index contributed by atoms with van der Waals surface area (Å²) in [7, 11) is 0. The first kappa shape index (κ1) is 14.4. The number of hydrogen-bond acceptors (Lipinski definition) is 3. The largest absolute Gasteiger partial charge is 0.326 e. The highest BCUT2D eigenvalue weighted by Gasteiger charge is 2.18. The van der Waals surface area contributed by atoms with Gasteiger partial charge in [-0.2, -0.15) is 0 Å². The summed E-state index contributed by atoms with van der Waals surface area (Å²) >= 11 is 5.42. The first-order valence-electron chi connectivity index (χ1n) is 5.45. The number of nitro benzene ring substituents is 1. The molecular weight excluding hydrogens is 423 g/mol. The molecule has 2 N–H and O–H groups in total. The van der Waals surface area contributed by atoms with Gasteiger partial charge in [0.25, 0.3) is 5.69 Å². The van der Waals surface area contributed by atoms with E-state index < -0.39 is 0 Å². The summed E-state index contributed by atoms with van der Waals surface area (Å²) in [5.41, 5.74) is 8.08. The topological polar surface area (TPSA) is 69.2 Å². The fourth-order valence-corrected chi connectivity index (χ4v) is 2.71. The van der Waals surface area contributed by atoms with E-state index in [9.17, 15) is 10.1 Å². The van der Waals surface area contributed by atoms with Crippen LogP contribution in [0.4, 0.5) is 5.69 Å². The minimum Gasteiger partial charge on any atom is -0.326 e. The van der Waals surface area contributed by atoms with Gasteiger partial charge >= 0.3 is 0 Å². The van der Waals surface area contributed by atoms with Gasteiger partial charge in [0.1, 0.15) is 0 Å². The molecule has 0 aromatic heterocycles. The minimum atomic E-state index is -0.361. The Labute approximate surface area is 132 Å². The molecule has 0 heterocycles. The van der Waals surface area contributed by atoms with Crippen molar-refractivity contribution < 1.29 is 4.92 Å². The monoisotopic (exact) mass is 432 g/mol. The van der Waals surface area contributed by atoms with Crippen LogP contribution in [0.15, 0.2) is 40.9 Å². The fourth-order valence-electron chi connectivity index (χ4n) is 1.78. The van der Waals surface area contributed by atoms with Crippen LogP contribution < -0.4 is 5.73 Å². The summed E-state index contributed by atoms with van der Waals surface area (Å²) in [6.07, 6.45) is 0. The maximum Gasteiger partial charge on any atom is 0.278 e. The van der Waals surface area contributed by atoms with E-state index in [1.165, 1.54) is 0 Å². The van der Waals surface area contributed by atoms with Crippen molar-refractivity contribution in [3.63, 3.8) is 0 Å². The van der Waals surface area contributed by atoms with Gasteiger partial charge in [-0.25, -0.2) is 0 Å². The van der Waals surface area contributed by atoms with Crippen molar-refractivity contribution in [2.75, 3.05) is 0 Å². The summed E-state index contributed by atoms with van der Waals surface area (Å²) in [5.74, 6) is 0. The molecule has 0 saturated heterocycles. The quantitative estimate of drug-likeness (QED) is 0.451. The molecule has 6 heteroatoms. The van der Waals surface area contributed by atoms with E-state index in [-0.39, 0.29) is 10.6 Å². The molecule has 0 spiro atoms. The Bertz CT molecular complexity index is 629. The van der Waals surface area contributed by atoms with Crippen LogP contribution in [0.3, 0.4) is 0 Å². The number of nitrogens with zero attached hydrogens (tertiary/aromatic N) is 1. The van der Waals surface area contributed by atoms with Crippen LogP contribution in [0, 0.1) is 13.7 Å². The highest BCUT2D eigenvalue weighted by Crippen LogP contribution is 2.33. The zero-order valence-electron chi connectivity index (χ0n) is 9.77. The van der Waals surface area contributed by atoms with E-state index in [1.807, 2.05) is 24.3 Å². The third kappa shape index (κ3) is 3.13. The molecule has 98 valence electrons. The van der Waals surface area contributed by atoms with Gasteiger partial charge in [0, 0.05) is 20.7 Å². The molecule has 2 aromatic carbocycles. The molecule has 0 radical (unpaired) electrons. The van der Waals surface area contributed by atoms with Crippen LogP contribution in [-0.4, -0.2) is 4.92 Å². The molecule has 4 nitrogen and oxygen atoms in total. The lowest BCUT2D eigenvalue weighted by atomic mass is 10.0. The zero-order valence-corrected chi connectivity index (χ0v) is 13.5. The zero-order chi connectivity index (χ0) is 14.0. The Kier molecular flexibility index (Phi) is 4.54. The van der Waals surface area contributed by atoms with E-state index in [2.05, 4.69) is 38.5 Å². The predicted octanol–water partition coefficient (Wildman–Crippen LogP) is 4.09. The highest BCUT2D eigenvalue weighted by molar-refractivity contribution is 14.1. The number of hydrogen-bond donors (Lipinski definition) is 1. The lowest BCUT2D eigenvalue weighted by molar-refractivity contribution is -0.384. The number of nitrogens with two attached hydrogens (primary N) is 1. The van der Waals surface area contributed by atoms with Crippen LogP contribution in [-0.2, 0) is 6.54 Å². The van der Waals surface area contributed by atoms with Crippen molar-refractivity contribution in [1.82, 2.24) is 0 Å². The van der Waals surface area contributed by atoms with Crippen molar-refractivity contribution in [1.29, 1.82) is 0 Å². The SMILES string of the molecule is NCc1cc(-c2ccc(Br)cc2)c([N+](=O)[O-])cc1I. The molecule has 0 unspecified atom stereocenters. The highest BCUT2D eigenvalue weighted by atomic mass is 127. The Morgan fingerprint density at radius 3 is 2.42 bits per heavy atom. The Balaban J connectivity index is 2.66. The van der Waals surface area contributed by atoms with E-state index in [0.717, 1.165) is 19.2 Å². The second-order valence-corrected chi connectivity index (χ2v) is 6.01. The van der Waals surface area contributed by atoms with Gasteiger partial charge in [-0.05, 0) is 51.9 Å². The van der Waals surface area contributed by atoms with E-state index in [4.69, 9.17) is 5.73 Å². The fraction of sp³-hybridized carbons (Fsp3) is 0.0769. The van der Waals surface area contributed by atoms with E-state index >= 15 is 0 Å². The van der Waals surface area contributed by atoms with Crippen molar-refractivity contribution >= 4 is 44.2 Å². The van der Waals surface area contributed by atoms with Gasteiger partial charge in [0.05, 0.1) is 10.5 Å². The molecule has 0 atom stereocenters. The van der Waals surface area contributed by atoms with Crippen LogP contribution in [0.5, 0.6) is 0 Å². The average Bonchev–Trinajstić information content (AvgIpc) is 2.39. The number of benzene rings is 2. The number of halogens is 2. The molecule has 0 fully saturated rings. The summed E-state index contributed by atoms with van der Waals surface area (Å²) in [6.45, 7) is 0.361. The predicted molar refractivity (Wildman–Crippen MR) is 86.8 cm³/mol. The van der Waals surface area contributed by atoms with E-state index in [1.54, 1.807) is 12.1 Å². The summed E-state index contributed by atoms with van der Waals surface area (Å²) in [6, 6.07) is 10.8. The Morgan fingerprint density at radius 1 is 1.26 bits per heavy atom. The molecule has 0 bridgehead atoms. The van der Waals surface area contributed by atoms with Gasteiger partial charge in [-0.1, -0.05) is 28.1 Å². The third-order valence-electron chi connectivity index (χ3n) is 2.74.